The molecule has 8 heteroatoms. The standard InChI is InChI=1S/C14H18N6O2/c1-9-6-13(15-7-12(9)20(21)22)19-5-3-4-11(8-19)14-16-10(2)17-18-14/h6-7,11H,3-5,8H2,1-2H3,(H,16,17,18). The first kappa shape index (κ1) is 14.4. The Morgan fingerprint density at radius 3 is 2.91 bits per heavy atom. The SMILES string of the molecule is Cc1nc(C2CCCN(c3cc(C)c([N+](=O)[O-])cn3)C2)n[nH]1. The molecule has 0 aromatic carbocycles. The molecule has 0 bridgehead atoms. The van der Waals surface area contributed by atoms with E-state index in [0.29, 0.717) is 5.56 Å². The fourth-order valence-corrected chi connectivity index (χ4v) is 2.84. The summed E-state index contributed by atoms with van der Waals surface area (Å²) in [7, 11) is 0. The van der Waals surface area contributed by atoms with Gasteiger partial charge in [-0.15, -0.1) is 0 Å². The molecule has 0 aliphatic carbocycles. The minimum atomic E-state index is -0.401. The highest BCUT2D eigenvalue weighted by atomic mass is 16.6. The number of nitrogens with one attached hydrogen (secondary N) is 1. The van der Waals surface area contributed by atoms with Gasteiger partial charge in [-0.1, -0.05) is 0 Å². The maximum absolute atomic E-state index is 10.9. The number of hydrogen-bond donors (Lipinski definition) is 1. The third-order valence-electron chi connectivity index (χ3n) is 3.99. The van der Waals surface area contributed by atoms with Crippen molar-refractivity contribution in [2.45, 2.75) is 32.6 Å². The maximum atomic E-state index is 10.9. The molecule has 0 amide bonds. The van der Waals surface area contributed by atoms with E-state index in [2.05, 4.69) is 25.1 Å². The van der Waals surface area contributed by atoms with Crippen LogP contribution in [-0.2, 0) is 0 Å². The number of aromatic nitrogens is 4. The molecule has 0 spiro atoms. The molecule has 116 valence electrons. The van der Waals surface area contributed by atoms with Gasteiger partial charge in [-0.05, 0) is 32.8 Å². The van der Waals surface area contributed by atoms with Gasteiger partial charge in [-0.25, -0.2) is 9.97 Å². The monoisotopic (exact) mass is 302 g/mol. The molecule has 1 aliphatic heterocycles. The number of aryl methyl sites for hydroxylation is 2. The van der Waals surface area contributed by atoms with Crippen molar-refractivity contribution in [3.63, 3.8) is 0 Å². The van der Waals surface area contributed by atoms with Crippen molar-refractivity contribution in [2.24, 2.45) is 0 Å². The van der Waals surface area contributed by atoms with Crippen LogP contribution in [0.1, 0.15) is 36.0 Å². The van der Waals surface area contributed by atoms with Crippen LogP contribution in [0.3, 0.4) is 0 Å². The molecule has 1 atom stereocenters. The largest absolute Gasteiger partial charge is 0.356 e. The molecule has 0 saturated carbocycles. The van der Waals surface area contributed by atoms with E-state index in [1.165, 1.54) is 6.20 Å². The fraction of sp³-hybridized carbons (Fsp3) is 0.500. The van der Waals surface area contributed by atoms with Crippen LogP contribution in [0.25, 0.3) is 0 Å². The lowest BCUT2D eigenvalue weighted by Gasteiger charge is -2.32. The van der Waals surface area contributed by atoms with E-state index < -0.39 is 4.92 Å². The summed E-state index contributed by atoms with van der Waals surface area (Å²) in [5.74, 6) is 2.69. The van der Waals surface area contributed by atoms with Crippen molar-refractivity contribution in [1.29, 1.82) is 0 Å². The third-order valence-corrected chi connectivity index (χ3v) is 3.99. The summed E-state index contributed by atoms with van der Waals surface area (Å²) < 4.78 is 0. The summed E-state index contributed by atoms with van der Waals surface area (Å²) in [4.78, 5) is 21.3. The Labute approximate surface area is 127 Å². The van der Waals surface area contributed by atoms with Crippen molar-refractivity contribution >= 4 is 11.5 Å². The topological polar surface area (TPSA) is 101 Å². The predicted molar refractivity (Wildman–Crippen MR) is 80.9 cm³/mol. The maximum Gasteiger partial charge on any atom is 0.290 e. The van der Waals surface area contributed by atoms with Crippen molar-refractivity contribution in [3.05, 3.63) is 39.6 Å². The molecule has 8 nitrogen and oxygen atoms in total. The molecule has 2 aromatic heterocycles. The summed E-state index contributed by atoms with van der Waals surface area (Å²) >= 11 is 0. The number of H-pyrrole nitrogens is 1. The molecule has 1 fully saturated rings. The fourth-order valence-electron chi connectivity index (χ4n) is 2.84. The molecule has 1 aliphatic rings. The van der Waals surface area contributed by atoms with Crippen LogP contribution in [0.5, 0.6) is 0 Å². The van der Waals surface area contributed by atoms with Crippen LogP contribution >= 0.6 is 0 Å². The molecular formula is C14H18N6O2. The van der Waals surface area contributed by atoms with Crippen LogP contribution in [0, 0.1) is 24.0 Å². The highest BCUT2D eigenvalue weighted by Gasteiger charge is 2.26. The Bertz CT molecular complexity index is 698. The van der Waals surface area contributed by atoms with Gasteiger partial charge in [0.15, 0.2) is 5.82 Å². The molecular weight excluding hydrogens is 284 g/mol. The molecule has 1 unspecified atom stereocenters. The van der Waals surface area contributed by atoms with Gasteiger partial charge in [-0.3, -0.25) is 15.2 Å². The molecule has 22 heavy (non-hydrogen) atoms. The number of anilines is 1. The van der Waals surface area contributed by atoms with Gasteiger partial charge >= 0.3 is 0 Å². The van der Waals surface area contributed by atoms with Crippen LogP contribution in [0.2, 0.25) is 0 Å². The van der Waals surface area contributed by atoms with E-state index in [1.54, 1.807) is 13.0 Å². The average Bonchev–Trinajstić information content (AvgIpc) is 2.93. The molecule has 3 rings (SSSR count). The summed E-state index contributed by atoms with van der Waals surface area (Å²) in [6.07, 6.45) is 3.40. The van der Waals surface area contributed by atoms with Crippen molar-refractivity contribution < 1.29 is 4.92 Å². The quantitative estimate of drug-likeness (QED) is 0.688. The Morgan fingerprint density at radius 2 is 2.27 bits per heavy atom. The minimum Gasteiger partial charge on any atom is -0.356 e. The summed E-state index contributed by atoms with van der Waals surface area (Å²) in [5.41, 5.74) is 0.688. The molecule has 2 aromatic rings. The third kappa shape index (κ3) is 2.76. The molecule has 1 saturated heterocycles. The van der Waals surface area contributed by atoms with Gasteiger partial charge in [0.1, 0.15) is 17.8 Å². The number of aromatic amines is 1. The van der Waals surface area contributed by atoms with Crippen LogP contribution < -0.4 is 4.90 Å². The summed E-state index contributed by atoms with van der Waals surface area (Å²) in [5, 5.41) is 18.0. The molecule has 3 heterocycles. The van der Waals surface area contributed by atoms with Gasteiger partial charge in [0.05, 0.1) is 4.92 Å². The van der Waals surface area contributed by atoms with Crippen molar-refractivity contribution in [3.8, 4) is 0 Å². The van der Waals surface area contributed by atoms with Gasteiger partial charge in [0, 0.05) is 24.6 Å². The zero-order valence-electron chi connectivity index (χ0n) is 12.6. The highest BCUT2D eigenvalue weighted by molar-refractivity contribution is 5.49. The number of rotatable bonds is 3. The Kier molecular flexibility index (Phi) is 3.74. The smallest absolute Gasteiger partial charge is 0.290 e. The first-order valence-electron chi connectivity index (χ1n) is 7.29. The number of piperidine rings is 1. The number of nitrogens with zero attached hydrogens (tertiary/aromatic N) is 5. The minimum absolute atomic E-state index is 0.0573. The number of nitro groups is 1. The van der Waals surface area contributed by atoms with Crippen LogP contribution in [0.15, 0.2) is 12.3 Å². The number of hydrogen-bond acceptors (Lipinski definition) is 6. The molecule has 0 radical (unpaired) electrons. The van der Waals surface area contributed by atoms with E-state index in [1.807, 2.05) is 6.92 Å². The van der Waals surface area contributed by atoms with E-state index in [4.69, 9.17) is 0 Å². The van der Waals surface area contributed by atoms with E-state index >= 15 is 0 Å². The lowest BCUT2D eigenvalue weighted by atomic mass is 9.97. The second-order valence-electron chi connectivity index (χ2n) is 5.65. The van der Waals surface area contributed by atoms with Gasteiger partial charge in [0.2, 0.25) is 0 Å². The average molecular weight is 302 g/mol. The van der Waals surface area contributed by atoms with Crippen LogP contribution in [-0.4, -0.2) is 38.2 Å². The van der Waals surface area contributed by atoms with E-state index in [9.17, 15) is 10.1 Å². The lowest BCUT2D eigenvalue weighted by Crippen LogP contribution is -2.35. The first-order valence-corrected chi connectivity index (χ1v) is 7.29. The van der Waals surface area contributed by atoms with Crippen molar-refractivity contribution in [2.75, 3.05) is 18.0 Å². The lowest BCUT2D eigenvalue weighted by molar-refractivity contribution is -0.385. The summed E-state index contributed by atoms with van der Waals surface area (Å²) in [6, 6.07) is 1.78. The highest BCUT2D eigenvalue weighted by Crippen LogP contribution is 2.29. The Balaban J connectivity index is 1.80. The predicted octanol–water partition coefficient (Wildman–Crippen LogP) is 2.11. The van der Waals surface area contributed by atoms with Crippen LogP contribution in [0.4, 0.5) is 11.5 Å². The van der Waals surface area contributed by atoms with E-state index in [-0.39, 0.29) is 11.6 Å². The normalized spacial score (nSPS) is 18.5. The first-order chi connectivity index (χ1) is 10.5. The van der Waals surface area contributed by atoms with Crippen molar-refractivity contribution in [1.82, 2.24) is 20.2 Å². The number of pyridine rings is 1. The zero-order chi connectivity index (χ0) is 15.7. The van der Waals surface area contributed by atoms with Gasteiger partial charge < -0.3 is 4.90 Å². The van der Waals surface area contributed by atoms with Gasteiger partial charge in [-0.2, -0.15) is 5.10 Å². The second kappa shape index (κ2) is 5.70. The zero-order valence-corrected chi connectivity index (χ0v) is 12.6. The van der Waals surface area contributed by atoms with Gasteiger partial charge in [0.25, 0.3) is 5.69 Å². The Morgan fingerprint density at radius 1 is 1.45 bits per heavy atom. The Hall–Kier alpha value is -2.51. The summed E-state index contributed by atoms with van der Waals surface area (Å²) in [6.45, 7) is 5.30. The second-order valence-corrected chi connectivity index (χ2v) is 5.65. The van der Waals surface area contributed by atoms with E-state index in [0.717, 1.165) is 43.4 Å². The molecule has 1 N–H and O–H groups in total.